The van der Waals surface area contributed by atoms with Gasteiger partial charge >= 0.3 is 5.97 Å². The van der Waals surface area contributed by atoms with Crippen LogP contribution in [0, 0.1) is 5.82 Å². The second kappa shape index (κ2) is 8.47. The topological polar surface area (TPSA) is 79.3 Å². The average molecular weight is 303 g/mol. The smallest absolute Gasteiger partial charge is 0.303 e. The zero-order valence-electron chi connectivity index (χ0n) is 10.9. The standard InChI is InChI=1S/C13H16ClFN2O3/c14-12-10(7-9(15)8-17-12)13(20)16-6-4-2-1-3-5-11(18)19/h7-8H,1-6H2,(H,16,20)(H,18,19). The van der Waals surface area contributed by atoms with Gasteiger partial charge in [0.15, 0.2) is 0 Å². The summed E-state index contributed by atoms with van der Waals surface area (Å²) < 4.78 is 13.0. The summed E-state index contributed by atoms with van der Waals surface area (Å²) in [6, 6.07) is 1.04. The van der Waals surface area contributed by atoms with E-state index < -0.39 is 17.7 Å². The second-order valence-corrected chi connectivity index (χ2v) is 4.66. The van der Waals surface area contributed by atoms with Crippen molar-refractivity contribution in [1.29, 1.82) is 0 Å². The van der Waals surface area contributed by atoms with Gasteiger partial charge in [0.2, 0.25) is 0 Å². The zero-order chi connectivity index (χ0) is 15.0. The van der Waals surface area contributed by atoms with Gasteiger partial charge in [0, 0.05) is 13.0 Å². The molecule has 110 valence electrons. The summed E-state index contributed by atoms with van der Waals surface area (Å²) >= 11 is 5.71. The van der Waals surface area contributed by atoms with Crippen LogP contribution in [0.5, 0.6) is 0 Å². The highest BCUT2D eigenvalue weighted by atomic mass is 35.5. The molecule has 20 heavy (non-hydrogen) atoms. The number of aromatic nitrogens is 1. The van der Waals surface area contributed by atoms with Crippen LogP contribution in [0.25, 0.3) is 0 Å². The molecule has 1 aromatic heterocycles. The number of amides is 1. The van der Waals surface area contributed by atoms with Crippen molar-refractivity contribution in [3.05, 3.63) is 28.8 Å². The van der Waals surface area contributed by atoms with E-state index in [2.05, 4.69) is 10.3 Å². The number of unbranched alkanes of at least 4 members (excludes halogenated alkanes) is 3. The summed E-state index contributed by atoms with van der Waals surface area (Å²) in [6.07, 6.45) is 4.08. The van der Waals surface area contributed by atoms with Gasteiger partial charge in [-0.2, -0.15) is 0 Å². The normalized spacial score (nSPS) is 10.3. The summed E-state index contributed by atoms with van der Waals surface area (Å²) in [5, 5.41) is 11.0. The number of carboxylic acid groups (broad SMARTS) is 1. The maximum Gasteiger partial charge on any atom is 0.303 e. The molecule has 0 saturated carbocycles. The molecule has 5 nitrogen and oxygen atoms in total. The molecule has 1 heterocycles. The number of carbonyl (C=O) groups excluding carboxylic acids is 1. The van der Waals surface area contributed by atoms with Crippen LogP contribution in [0.2, 0.25) is 5.15 Å². The third-order valence-corrected chi connectivity index (χ3v) is 2.95. The highest BCUT2D eigenvalue weighted by molar-refractivity contribution is 6.32. The zero-order valence-corrected chi connectivity index (χ0v) is 11.6. The first kappa shape index (κ1) is 16.4. The number of carbonyl (C=O) groups is 2. The van der Waals surface area contributed by atoms with Gasteiger partial charge in [-0.25, -0.2) is 9.37 Å². The first-order valence-electron chi connectivity index (χ1n) is 6.31. The van der Waals surface area contributed by atoms with Crippen LogP contribution in [0.3, 0.4) is 0 Å². The van der Waals surface area contributed by atoms with Crippen molar-refractivity contribution in [1.82, 2.24) is 10.3 Å². The molecule has 0 unspecified atom stereocenters. The van der Waals surface area contributed by atoms with E-state index in [1.54, 1.807) is 0 Å². The van der Waals surface area contributed by atoms with Crippen molar-refractivity contribution < 1.29 is 19.1 Å². The summed E-state index contributed by atoms with van der Waals surface area (Å²) in [5.74, 6) is -1.88. The lowest BCUT2D eigenvalue weighted by molar-refractivity contribution is -0.137. The van der Waals surface area contributed by atoms with Gasteiger partial charge in [0.05, 0.1) is 11.8 Å². The van der Waals surface area contributed by atoms with E-state index in [1.807, 2.05) is 0 Å². The summed E-state index contributed by atoms with van der Waals surface area (Å²) in [4.78, 5) is 25.6. The number of pyridine rings is 1. The van der Waals surface area contributed by atoms with Crippen LogP contribution in [0.4, 0.5) is 4.39 Å². The summed E-state index contributed by atoms with van der Waals surface area (Å²) in [5.41, 5.74) is 0.0116. The number of carboxylic acids is 1. The Hall–Kier alpha value is -1.69. The van der Waals surface area contributed by atoms with Crippen LogP contribution in [-0.4, -0.2) is 28.5 Å². The average Bonchev–Trinajstić information content (AvgIpc) is 2.39. The van der Waals surface area contributed by atoms with E-state index in [-0.39, 0.29) is 17.1 Å². The Bertz CT molecular complexity index is 483. The van der Waals surface area contributed by atoms with Crippen LogP contribution < -0.4 is 5.32 Å². The lowest BCUT2D eigenvalue weighted by atomic mass is 10.1. The quantitative estimate of drug-likeness (QED) is 0.571. The molecule has 0 atom stereocenters. The minimum absolute atomic E-state index is 0.0116. The molecule has 2 N–H and O–H groups in total. The van der Waals surface area contributed by atoms with Gasteiger partial charge in [-0.15, -0.1) is 0 Å². The second-order valence-electron chi connectivity index (χ2n) is 4.31. The fourth-order valence-corrected chi connectivity index (χ4v) is 1.82. The van der Waals surface area contributed by atoms with Crippen LogP contribution in [0.1, 0.15) is 42.5 Å². The number of nitrogens with one attached hydrogen (secondary N) is 1. The van der Waals surface area contributed by atoms with Gasteiger partial charge in [0.1, 0.15) is 11.0 Å². The maximum atomic E-state index is 13.0. The number of rotatable bonds is 8. The molecule has 0 radical (unpaired) electrons. The van der Waals surface area contributed by atoms with E-state index in [9.17, 15) is 14.0 Å². The fourth-order valence-electron chi connectivity index (χ4n) is 1.63. The Labute approximate surface area is 121 Å². The number of aliphatic carboxylic acids is 1. The van der Waals surface area contributed by atoms with Crippen LogP contribution in [0.15, 0.2) is 12.3 Å². The predicted molar refractivity (Wildman–Crippen MR) is 72.3 cm³/mol. The molecule has 1 amide bonds. The number of halogens is 2. The molecular formula is C13H16ClFN2O3. The van der Waals surface area contributed by atoms with E-state index in [0.717, 1.165) is 31.5 Å². The van der Waals surface area contributed by atoms with Crippen molar-refractivity contribution in [2.75, 3.05) is 6.54 Å². The van der Waals surface area contributed by atoms with Gasteiger partial charge in [-0.05, 0) is 18.9 Å². The molecule has 7 heteroatoms. The van der Waals surface area contributed by atoms with Gasteiger partial charge < -0.3 is 10.4 Å². The summed E-state index contributed by atoms with van der Waals surface area (Å²) in [7, 11) is 0. The molecule has 1 aromatic rings. The van der Waals surface area contributed by atoms with E-state index in [1.165, 1.54) is 0 Å². The number of hydrogen-bond acceptors (Lipinski definition) is 3. The van der Waals surface area contributed by atoms with Gasteiger partial charge in [0.25, 0.3) is 5.91 Å². The lowest BCUT2D eigenvalue weighted by Gasteiger charge is -2.06. The van der Waals surface area contributed by atoms with Crippen molar-refractivity contribution in [2.45, 2.75) is 32.1 Å². The number of hydrogen-bond donors (Lipinski definition) is 2. The van der Waals surface area contributed by atoms with Crippen molar-refractivity contribution in [3.8, 4) is 0 Å². The lowest BCUT2D eigenvalue weighted by Crippen LogP contribution is -2.25. The molecule has 0 aliphatic rings. The maximum absolute atomic E-state index is 13.0. The largest absolute Gasteiger partial charge is 0.481 e. The first-order valence-corrected chi connectivity index (χ1v) is 6.69. The Kier molecular flexibility index (Phi) is 6.93. The molecule has 0 aliphatic carbocycles. The molecule has 0 aromatic carbocycles. The Morgan fingerprint density at radius 1 is 1.30 bits per heavy atom. The minimum Gasteiger partial charge on any atom is -0.481 e. The van der Waals surface area contributed by atoms with E-state index in [0.29, 0.717) is 13.0 Å². The third-order valence-electron chi connectivity index (χ3n) is 2.65. The molecule has 0 aliphatic heterocycles. The fraction of sp³-hybridized carbons (Fsp3) is 0.462. The molecule has 0 saturated heterocycles. The van der Waals surface area contributed by atoms with Crippen molar-refractivity contribution >= 4 is 23.5 Å². The van der Waals surface area contributed by atoms with E-state index in [4.69, 9.17) is 16.7 Å². The van der Waals surface area contributed by atoms with E-state index >= 15 is 0 Å². The highest BCUT2D eigenvalue weighted by Crippen LogP contribution is 2.13. The molecule has 0 bridgehead atoms. The SMILES string of the molecule is O=C(O)CCCCCCNC(=O)c1cc(F)cnc1Cl. The Morgan fingerprint density at radius 3 is 2.70 bits per heavy atom. The van der Waals surface area contributed by atoms with Crippen molar-refractivity contribution in [3.63, 3.8) is 0 Å². The third kappa shape index (κ3) is 5.97. The number of nitrogens with zero attached hydrogens (tertiary/aromatic N) is 1. The summed E-state index contributed by atoms with van der Waals surface area (Å²) in [6.45, 7) is 0.429. The van der Waals surface area contributed by atoms with Gasteiger partial charge in [-0.3, -0.25) is 9.59 Å². The van der Waals surface area contributed by atoms with Gasteiger partial charge in [-0.1, -0.05) is 24.4 Å². The monoisotopic (exact) mass is 302 g/mol. The minimum atomic E-state index is -0.799. The van der Waals surface area contributed by atoms with Crippen LogP contribution >= 0.6 is 11.6 Å². The molecule has 0 spiro atoms. The Balaban J connectivity index is 2.23. The highest BCUT2D eigenvalue weighted by Gasteiger charge is 2.11. The van der Waals surface area contributed by atoms with Crippen molar-refractivity contribution in [2.24, 2.45) is 0 Å². The van der Waals surface area contributed by atoms with Crippen LogP contribution in [-0.2, 0) is 4.79 Å². The predicted octanol–water partition coefficient (Wildman–Crippen LogP) is 2.64. The molecule has 0 fully saturated rings. The Morgan fingerprint density at radius 2 is 2.00 bits per heavy atom. The molecule has 1 rings (SSSR count). The first-order chi connectivity index (χ1) is 9.50. The molecular weight excluding hydrogens is 287 g/mol.